The number of amides is 1. The van der Waals surface area contributed by atoms with E-state index >= 15 is 4.79 Å². The molecule has 1 amide bonds. The fraction of sp³-hybridized carbons (Fsp3) is 0.170. The molecule has 0 bridgehead atoms. The van der Waals surface area contributed by atoms with Crippen molar-refractivity contribution in [3.8, 4) is 23.0 Å². The predicted octanol–water partition coefficient (Wildman–Crippen LogP) is 10.9. The molecule has 7 aromatic rings. The van der Waals surface area contributed by atoms with Crippen LogP contribution in [0.25, 0.3) is 0 Å². The number of hydrogen-bond donors (Lipinski definition) is 0. The fourth-order valence-corrected chi connectivity index (χ4v) is 11.3. The Labute approximate surface area is 394 Å². The van der Waals surface area contributed by atoms with Crippen molar-refractivity contribution in [2.45, 2.75) is 35.9 Å². The number of likely N-dealkylation sites (tertiary alicyclic amines) is 1. The molecule has 66 heavy (non-hydrogen) atoms. The van der Waals surface area contributed by atoms with Gasteiger partial charge in [0, 0.05) is 35.3 Å². The number of methoxy groups -OCH3 is 2. The van der Waals surface area contributed by atoms with Crippen LogP contribution in [-0.4, -0.2) is 57.5 Å². The van der Waals surface area contributed by atoms with Crippen LogP contribution in [0.1, 0.15) is 38.9 Å². The maximum absolute atomic E-state index is 15.0. The van der Waals surface area contributed by atoms with Gasteiger partial charge in [0.15, 0.2) is 17.2 Å². The molecule has 1 saturated heterocycles. The molecule has 7 aromatic carbocycles. The van der Waals surface area contributed by atoms with Crippen LogP contribution < -0.4 is 18.9 Å². The summed E-state index contributed by atoms with van der Waals surface area (Å²) in [7, 11) is 0.343. The highest BCUT2D eigenvalue weighted by Gasteiger charge is 2.42. The summed E-state index contributed by atoms with van der Waals surface area (Å²) in [6.45, 7) is 2.44. The van der Waals surface area contributed by atoms with Crippen molar-refractivity contribution in [1.29, 1.82) is 0 Å². The number of carbonyl (C=O) groups excluding carboxylic acids is 1. The van der Waals surface area contributed by atoms with Gasteiger partial charge in [-0.15, -0.1) is 0 Å². The topological polar surface area (TPSA) is 113 Å². The second-order valence-electron chi connectivity index (χ2n) is 15.5. The average Bonchev–Trinajstić information content (AvgIpc) is 3.34. The molecule has 0 radical (unpaired) electrons. The standard InChI is InChI=1S/C53H47ClN2O8S2/c1-37-19-29-46(30-20-37)66(58,59)65-45-33-56(34-45)52(57)50(55-64-53(40-13-7-4-8-14-40,41-15-9-5-10-16-41)42-17-11-6-12-18-42)47-31-32-48(62-35-38-21-25-43(60-2)26-22-38)51(49(47)54)63-36-39-23-27-44(61-3)28-24-39/h4-32,45H,33-36H2,1-3H3. The third kappa shape index (κ3) is 10.2. The molecule has 8 rings (SSSR count). The molecule has 0 aromatic heterocycles. The van der Waals surface area contributed by atoms with E-state index in [2.05, 4.69) is 0 Å². The summed E-state index contributed by atoms with van der Waals surface area (Å²) in [6, 6.07) is 54.0. The minimum atomic E-state index is -3.70. The molecule has 1 fully saturated rings. The number of carbonyl (C=O) groups is 1. The zero-order chi connectivity index (χ0) is 46.1. The van der Waals surface area contributed by atoms with Crippen LogP contribution in [0.2, 0.25) is 5.02 Å². The molecule has 0 atom stereocenters. The Bertz CT molecular complexity index is 2780. The van der Waals surface area contributed by atoms with Crippen molar-refractivity contribution >= 4 is 42.9 Å². The fourth-order valence-electron chi connectivity index (χ4n) is 7.48. The van der Waals surface area contributed by atoms with E-state index in [4.69, 9.17) is 40.5 Å². The number of ether oxygens (including phenoxy) is 4. The monoisotopic (exact) mass is 938 g/mol. The van der Waals surface area contributed by atoms with Gasteiger partial charge in [-0.1, -0.05) is 150 Å². The first-order valence-electron chi connectivity index (χ1n) is 21.1. The summed E-state index contributed by atoms with van der Waals surface area (Å²) >= 11 is 7.42. The van der Waals surface area contributed by atoms with Gasteiger partial charge in [-0.2, -0.15) is 0 Å². The summed E-state index contributed by atoms with van der Waals surface area (Å²) < 4.78 is 50.4. The SMILES string of the molecule is COc1ccc(COc2ccc(C(=NOC(c3ccccc3)(c3ccccc3)c3ccccc3)C(=O)N3CC(SS(=O)(=O)c4ccc(C)cc4)C3)c(Cl)c2OCc2ccc(OC)cc2)cc1. The molecular weight excluding hydrogens is 892 g/mol. The number of halogens is 1. The first-order chi connectivity index (χ1) is 32.1. The van der Waals surface area contributed by atoms with Gasteiger partial charge < -0.3 is 28.7 Å². The van der Waals surface area contributed by atoms with E-state index in [0.717, 1.165) is 44.2 Å². The number of benzene rings is 7. The second-order valence-corrected chi connectivity index (χ2v) is 20.0. The molecule has 0 spiro atoms. The van der Waals surface area contributed by atoms with Crippen LogP contribution in [0.15, 0.2) is 186 Å². The van der Waals surface area contributed by atoms with E-state index in [1.807, 2.05) is 146 Å². The first-order valence-corrected chi connectivity index (χ1v) is 24.4. The van der Waals surface area contributed by atoms with Crippen molar-refractivity contribution in [2.75, 3.05) is 27.3 Å². The molecule has 0 unspecified atom stereocenters. The highest BCUT2D eigenvalue weighted by molar-refractivity contribution is 8.72. The molecule has 336 valence electrons. The molecule has 0 aliphatic carbocycles. The summed E-state index contributed by atoms with van der Waals surface area (Å²) in [4.78, 5) is 23.7. The summed E-state index contributed by atoms with van der Waals surface area (Å²) in [5, 5.41) is 4.49. The lowest BCUT2D eigenvalue weighted by atomic mass is 9.80. The van der Waals surface area contributed by atoms with Gasteiger partial charge in [-0.25, -0.2) is 8.42 Å². The zero-order valence-corrected chi connectivity index (χ0v) is 38.9. The van der Waals surface area contributed by atoms with Crippen LogP contribution in [0, 0.1) is 6.92 Å². The Balaban J connectivity index is 1.21. The van der Waals surface area contributed by atoms with E-state index in [-0.39, 0.29) is 53.2 Å². The van der Waals surface area contributed by atoms with E-state index in [1.165, 1.54) is 0 Å². The van der Waals surface area contributed by atoms with Gasteiger partial charge in [0.1, 0.15) is 24.7 Å². The lowest BCUT2D eigenvalue weighted by molar-refractivity contribution is -0.127. The highest BCUT2D eigenvalue weighted by atomic mass is 35.5. The molecule has 0 N–H and O–H groups in total. The number of oxime groups is 1. The third-order valence-corrected chi connectivity index (χ3v) is 15.3. The lowest BCUT2D eigenvalue weighted by Gasteiger charge is -2.38. The highest BCUT2D eigenvalue weighted by Crippen LogP contribution is 2.43. The summed E-state index contributed by atoms with van der Waals surface area (Å²) in [5.74, 6) is 1.40. The van der Waals surface area contributed by atoms with Gasteiger partial charge in [0.25, 0.3) is 5.91 Å². The number of hydrogen-bond acceptors (Lipinski definition) is 10. The van der Waals surface area contributed by atoms with Crippen LogP contribution in [0.3, 0.4) is 0 Å². The normalized spacial score (nSPS) is 13.1. The number of aryl methyl sites for hydroxylation is 1. The van der Waals surface area contributed by atoms with E-state index in [1.54, 1.807) is 55.5 Å². The largest absolute Gasteiger partial charge is 0.497 e. The Morgan fingerprint density at radius 1 is 0.667 bits per heavy atom. The van der Waals surface area contributed by atoms with Crippen LogP contribution in [0.4, 0.5) is 0 Å². The quantitative estimate of drug-likeness (QED) is 0.0359. The van der Waals surface area contributed by atoms with Gasteiger partial charge >= 0.3 is 0 Å². The number of rotatable bonds is 18. The van der Waals surface area contributed by atoms with Gasteiger partial charge in [-0.3, -0.25) is 4.79 Å². The first kappa shape index (κ1) is 45.8. The maximum atomic E-state index is 15.0. The summed E-state index contributed by atoms with van der Waals surface area (Å²) in [6.07, 6.45) is 0. The van der Waals surface area contributed by atoms with E-state index in [0.29, 0.717) is 17.2 Å². The van der Waals surface area contributed by atoms with Crippen LogP contribution in [0.5, 0.6) is 23.0 Å². The Morgan fingerprint density at radius 3 is 1.64 bits per heavy atom. The molecule has 1 aliphatic heterocycles. The predicted molar refractivity (Wildman–Crippen MR) is 259 cm³/mol. The van der Waals surface area contributed by atoms with Crippen LogP contribution in [-0.2, 0) is 37.3 Å². The lowest BCUT2D eigenvalue weighted by Crippen LogP contribution is -2.54. The van der Waals surface area contributed by atoms with Gasteiger partial charge in [0.2, 0.25) is 14.5 Å². The maximum Gasteiger partial charge on any atom is 0.276 e. The second kappa shape index (κ2) is 20.6. The Kier molecular flexibility index (Phi) is 14.3. The van der Waals surface area contributed by atoms with Crippen molar-refractivity contribution in [2.24, 2.45) is 5.16 Å². The molecule has 0 saturated carbocycles. The third-order valence-electron chi connectivity index (χ3n) is 11.1. The minimum absolute atomic E-state index is 0.0598. The number of nitrogens with zero attached hydrogens (tertiary/aromatic N) is 2. The Morgan fingerprint density at radius 2 is 1.15 bits per heavy atom. The van der Waals surface area contributed by atoms with Crippen molar-refractivity contribution in [3.05, 3.63) is 220 Å². The molecular formula is C53H47ClN2O8S2. The zero-order valence-electron chi connectivity index (χ0n) is 36.5. The van der Waals surface area contributed by atoms with Crippen molar-refractivity contribution in [1.82, 2.24) is 4.90 Å². The molecule has 10 nitrogen and oxygen atoms in total. The van der Waals surface area contributed by atoms with E-state index < -0.39 is 25.6 Å². The van der Waals surface area contributed by atoms with Gasteiger partial charge in [0.05, 0.1) is 29.4 Å². The summed E-state index contributed by atoms with van der Waals surface area (Å²) in [5.41, 5.74) is 3.69. The van der Waals surface area contributed by atoms with Gasteiger partial charge in [-0.05, 0) is 77.4 Å². The smallest absolute Gasteiger partial charge is 0.276 e. The van der Waals surface area contributed by atoms with Crippen molar-refractivity contribution < 1.29 is 37.0 Å². The molecule has 13 heteroatoms. The average molecular weight is 940 g/mol. The molecule has 1 heterocycles. The van der Waals surface area contributed by atoms with Crippen LogP contribution >= 0.6 is 22.4 Å². The minimum Gasteiger partial charge on any atom is -0.497 e. The van der Waals surface area contributed by atoms with Crippen molar-refractivity contribution in [3.63, 3.8) is 0 Å². The van der Waals surface area contributed by atoms with E-state index in [9.17, 15) is 8.42 Å². The Hall–Kier alpha value is -6.73. The molecule has 1 aliphatic rings.